The second-order valence-electron chi connectivity index (χ2n) is 6.86. The zero-order chi connectivity index (χ0) is 23.4. The summed E-state index contributed by atoms with van der Waals surface area (Å²) in [5.74, 6) is 0.394. The number of nitriles is 1. The molecule has 0 bridgehead atoms. The molecule has 3 rings (SSSR count). The molecule has 1 heterocycles. The molecule has 164 valence electrons. The quantitative estimate of drug-likeness (QED) is 0.223. The number of nitrogens with zero attached hydrogens (tertiary/aromatic N) is 5. The summed E-state index contributed by atoms with van der Waals surface area (Å²) < 4.78 is 7.43. The standard InChI is InChI=1S/C21H17Br2N5O4/c1-3-12(2)20-26-17-5-4-14(22)10-15(17)21(29)27(20)25-11-13-8-16(23)19(32-7-6-24)18(9-13)28(30)31/h4-5,8-12H,3,7H2,1-2H3/t12-/m1/s1. The fourth-order valence-corrected chi connectivity index (χ4v) is 3.90. The molecule has 9 nitrogen and oxygen atoms in total. The molecule has 0 N–H and O–H groups in total. The Morgan fingerprint density at radius 1 is 1.38 bits per heavy atom. The van der Waals surface area contributed by atoms with Crippen LogP contribution < -0.4 is 10.3 Å². The highest BCUT2D eigenvalue weighted by atomic mass is 79.9. The zero-order valence-corrected chi connectivity index (χ0v) is 20.3. The van der Waals surface area contributed by atoms with E-state index in [0.717, 1.165) is 10.9 Å². The van der Waals surface area contributed by atoms with E-state index < -0.39 is 4.92 Å². The molecule has 0 saturated heterocycles. The predicted octanol–water partition coefficient (Wildman–Crippen LogP) is 5.13. The highest BCUT2D eigenvalue weighted by Gasteiger charge is 2.20. The molecule has 0 spiro atoms. The Labute approximate surface area is 199 Å². The number of nitro groups is 1. The molecule has 1 atom stereocenters. The van der Waals surface area contributed by atoms with Crippen LogP contribution in [0.5, 0.6) is 5.75 Å². The lowest BCUT2D eigenvalue weighted by Gasteiger charge is -2.14. The first kappa shape index (κ1) is 23.6. The van der Waals surface area contributed by atoms with Gasteiger partial charge < -0.3 is 4.74 Å². The van der Waals surface area contributed by atoms with Crippen molar-refractivity contribution in [3.63, 3.8) is 0 Å². The monoisotopic (exact) mass is 561 g/mol. The van der Waals surface area contributed by atoms with Crippen molar-refractivity contribution in [2.45, 2.75) is 26.2 Å². The minimum atomic E-state index is -0.610. The van der Waals surface area contributed by atoms with Crippen molar-refractivity contribution < 1.29 is 9.66 Å². The number of rotatable bonds is 7. The Kier molecular flexibility index (Phi) is 7.37. The highest BCUT2D eigenvalue weighted by Crippen LogP contribution is 2.36. The van der Waals surface area contributed by atoms with Crippen molar-refractivity contribution in [3.8, 4) is 11.8 Å². The number of benzene rings is 2. The maximum atomic E-state index is 13.2. The van der Waals surface area contributed by atoms with Gasteiger partial charge in [0.15, 0.2) is 6.61 Å². The van der Waals surface area contributed by atoms with Gasteiger partial charge in [0.05, 0.1) is 26.5 Å². The molecule has 11 heteroatoms. The third kappa shape index (κ3) is 4.87. The summed E-state index contributed by atoms with van der Waals surface area (Å²) in [5.41, 5.74) is 0.262. The van der Waals surface area contributed by atoms with E-state index in [-0.39, 0.29) is 29.5 Å². The number of halogens is 2. The molecule has 0 aliphatic carbocycles. The van der Waals surface area contributed by atoms with E-state index in [2.05, 4.69) is 41.9 Å². The maximum absolute atomic E-state index is 13.2. The summed E-state index contributed by atoms with van der Waals surface area (Å²) in [6.07, 6.45) is 2.09. The van der Waals surface area contributed by atoms with Gasteiger partial charge in [-0.25, -0.2) is 4.98 Å². The van der Waals surface area contributed by atoms with Crippen LogP contribution in [0.3, 0.4) is 0 Å². The summed E-state index contributed by atoms with van der Waals surface area (Å²) in [4.78, 5) is 28.7. The van der Waals surface area contributed by atoms with E-state index in [1.807, 2.05) is 19.9 Å². The number of nitro benzene ring substituents is 1. The molecule has 2 aromatic carbocycles. The minimum absolute atomic E-state index is 0.0456. The number of ether oxygens (including phenoxy) is 1. The van der Waals surface area contributed by atoms with Crippen molar-refractivity contribution in [2.75, 3.05) is 6.61 Å². The predicted molar refractivity (Wildman–Crippen MR) is 127 cm³/mol. The van der Waals surface area contributed by atoms with Crippen molar-refractivity contribution >= 4 is 54.7 Å². The molecule has 0 fully saturated rings. The Balaban J connectivity index is 2.15. The van der Waals surface area contributed by atoms with E-state index in [1.54, 1.807) is 24.3 Å². The van der Waals surface area contributed by atoms with Crippen molar-refractivity contribution in [1.29, 1.82) is 5.26 Å². The van der Waals surface area contributed by atoms with Crippen LogP contribution in [0.2, 0.25) is 0 Å². The van der Waals surface area contributed by atoms with Crippen molar-refractivity contribution in [3.05, 3.63) is 71.1 Å². The Bertz CT molecular complexity index is 1330. The maximum Gasteiger partial charge on any atom is 0.312 e. The lowest BCUT2D eigenvalue weighted by atomic mass is 10.1. The van der Waals surface area contributed by atoms with E-state index in [1.165, 1.54) is 17.0 Å². The molecule has 3 aromatic rings. The van der Waals surface area contributed by atoms with Gasteiger partial charge in [-0.2, -0.15) is 15.0 Å². The molecule has 0 unspecified atom stereocenters. The summed E-state index contributed by atoms with van der Waals surface area (Å²) in [7, 11) is 0. The van der Waals surface area contributed by atoms with E-state index in [4.69, 9.17) is 10.00 Å². The molecule has 0 radical (unpaired) electrons. The lowest BCUT2D eigenvalue weighted by molar-refractivity contribution is -0.385. The Hall–Kier alpha value is -3.10. The smallest absolute Gasteiger partial charge is 0.312 e. The fraction of sp³-hybridized carbons (Fsp3) is 0.238. The average Bonchev–Trinajstić information content (AvgIpc) is 2.77. The summed E-state index contributed by atoms with van der Waals surface area (Å²) in [6.45, 7) is 3.59. The first-order chi connectivity index (χ1) is 15.3. The van der Waals surface area contributed by atoms with Gasteiger partial charge in [-0.1, -0.05) is 29.8 Å². The normalized spacial score (nSPS) is 12.1. The van der Waals surface area contributed by atoms with Crippen LogP contribution in [0, 0.1) is 21.4 Å². The third-order valence-corrected chi connectivity index (χ3v) is 5.82. The molecule has 32 heavy (non-hydrogen) atoms. The largest absolute Gasteiger partial charge is 0.471 e. The second-order valence-corrected chi connectivity index (χ2v) is 8.63. The van der Waals surface area contributed by atoms with Gasteiger partial charge in [0.1, 0.15) is 11.9 Å². The van der Waals surface area contributed by atoms with Crippen molar-refractivity contribution in [1.82, 2.24) is 9.66 Å². The van der Waals surface area contributed by atoms with Crippen LogP contribution >= 0.6 is 31.9 Å². The fourth-order valence-electron chi connectivity index (χ4n) is 2.96. The highest BCUT2D eigenvalue weighted by molar-refractivity contribution is 9.10. The van der Waals surface area contributed by atoms with Crippen LogP contribution in [-0.4, -0.2) is 27.4 Å². The molecular formula is C21H17Br2N5O4. The third-order valence-electron chi connectivity index (χ3n) is 4.73. The van der Waals surface area contributed by atoms with Gasteiger partial charge >= 0.3 is 5.69 Å². The van der Waals surface area contributed by atoms with Gasteiger partial charge in [-0.15, -0.1) is 0 Å². The summed E-state index contributed by atoms with van der Waals surface area (Å²) in [5, 5.41) is 24.9. The average molecular weight is 563 g/mol. The first-order valence-corrected chi connectivity index (χ1v) is 11.1. The molecular weight excluding hydrogens is 546 g/mol. The molecule has 0 aliphatic heterocycles. The topological polar surface area (TPSA) is 123 Å². The first-order valence-electron chi connectivity index (χ1n) is 9.51. The number of fused-ring (bicyclic) bond motifs is 1. The van der Waals surface area contributed by atoms with Crippen LogP contribution in [0.25, 0.3) is 10.9 Å². The van der Waals surface area contributed by atoms with Crippen LogP contribution in [0.4, 0.5) is 5.69 Å². The van der Waals surface area contributed by atoms with Crippen LogP contribution in [0.15, 0.2) is 49.2 Å². The second kappa shape index (κ2) is 10.0. The molecule has 0 saturated carbocycles. The summed E-state index contributed by atoms with van der Waals surface area (Å²) in [6, 6.07) is 9.86. The molecule has 1 aromatic heterocycles. The SMILES string of the molecule is CC[C@@H](C)c1nc2ccc(Br)cc2c(=O)n1N=Cc1cc(Br)c(OCC#N)c([N+](=O)[O-])c1. The minimum Gasteiger partial charge on any atom is -0.471 e. The number of aromatic nitrogens is 2. The van der Waals surface area contributed by atoms with Gasteiger partial charge in [-0.05, 0) is 46.6 Å². The molecule has 0 amide bonds. The van der Waals surface area contributed by atoms with Crippen molar-refractivity contribution in [2.24, 2.45) is 5.10 Å². The number of hydrogen-bond donors (Lipinski definition) is 0. The lowest BCUT2D eigenvalue weighted by Crippen LogP contribution is -2.23. The van der Waals surface area contributed by atoms with E-state index in [9.17, 15) is 14.9 Å². The Morgan fingerprint density at radius 3 is 2.78 bits per heavy atom. The molecule has 0 aliphatic rings. The van der Waals surface area contributed by atoms with Gasteiger partial charge in [0, 0.05) is 22.0 Å². The zero-order valence-electron chi connectivity index (χ0n) is 17.1. The van der Waals surface area contributed by atoms with Crippen LogP contribution in [0.1, 0.15) is 37.6 Å². The summed E-state index contributed by atoms with van der Waals surface area (Å²) >= 11 is 6.61. The Morgan fingerprint density at radius 2 is 2.12 bits per heavy atom. The van der Waals surface area contributed by atoms with Gasteiger partial charge in [-0.3, -0.25) is 14.9 Å². The van der Waals surface area contributed by atoms with Gasteiger partial charge in [0.25, 0.3) is 5.56 Å². The van der Waals surface area contributed by atoms with E-state index >= 15 is 0 Å². The number of hydrogen-bond acceptors (Lipinski definition) is 7. The van der Waals surface area contributed by atoms with Crippen LogP contribution in [-0.2, 0) is 0 Å². The van der Waals surface area contributed by atoms with Gasteiger partial charge in [0.2, 0.25) is 5.75 Å². The van der Waals surface area contributed by atoms with E-state index in [0.29, 0.717) is 26.8 Å².